The van der Waals surface area contributed by atoms with E-state index >= 15 is 0 Å². The number of nitrogens with one attached hydrogen (secondary N) is 1. The molecule has 6 heteroatoms. The molecule has 1 N–H and O–H groups in total. The first-order valence-corrected chi connectivity index (χ1v) is 8.45. The number of halogens is 1. The highest BCUT2D eigenvalue weighted by molar-refractivity contribution is 5.85. The van der Waals surface area contributed by atoms with Crippen molar-refractivity contribution in [2.24, 2.45) is 0 Å². The monoisotopic (exact) mass is 331 g/mol. The third kappa shape index (κ3) is 5.13. The molecule has 2 aliphatic rings. The molecule has 0 aromatic rings. The Kier molecular flexibility index (Phi) is 8.18. The lowest BCUT2D eigenvalue weighted by molar-refractivity contribution is -0.132. The van der Waals surface area contributed by atoms with Gasteiger partial charge in [-0.25, -0.2) is 0 Å². The molecule has 128 valence electrons. The Hall–Kier alpha value is -0.810. The van der Waals surface area contributed by atoms with Crippen LogP contribution in [-0.2, 0) is 9.59 Å². The average Bonchev–Trinajstić information content (AvgIpc) is 2.79. The van der Waals surface area contributed by atoms with Crippen molar-refractivity contribution in [1.82, 2.24) is 15.1 Å². The highest BCUT2D eigenvalue weighted by atomic mass is 35.5. The Morgan fingerprint density at radius 1 is 1.09 bits per heavy atom. The summed E-state index contributed by atoms with van der Waals surface area (Å²) >= 11 is 0. The molecule has 2 bridgehead atoms. The van der Waals surface area contributed by atoms with Crippen LogP contribution in [0.5, 0.6) is 0 Å². The van der Waals surface area contributed by atoms with Crippen LogP contribution in [-0.4, -0.2) is 59.9 Å². The van der Waals surface area contributed by atoms with E-state index in [0.29, 0.717) is 31.3 Å². The Labute approximate surface area is 140 Å². The Balaban J connectivity index is 0.00000242. The molecular weight excluding hydrogens is 302 g/mol. The third-order valence-corrected chi connectivity index (χ3v) is 4.77. The summed E-state index contributed by atoms with van der Waals surface area (Å²) in [6, 6.07) is 1.09. The van der Waals surface area contributed by atoms with E-state index in [1.165, 1.54) is 12.8 Å². The van der Waals surface area contributed by atoms with Gasteiger partial charge in [0.25, 0.3) is 0 Å². The minimum absolute atomic E-state index is 0. The Bertz CT molecular complexity index is 374. The first-order valence-electron chi connectivity index (χ1n) is 8.45. The number of hydrogen-bond donors (Lipinski definition) is 1. The molecule has 0 saturated carbocycles. The Morgan fingerprint density at radius 3 is 2.45 bits per heavy atom. The van der Waals surface area contributed by atoms with E-state index in [1.54, 1.807) is 0 Å². The van der Waals surface area contributed by atoms with Crippen LogP contribution < -0.4 is 5.32 Å². The third-order valence-electron chi connectivity index (χ3n) is 4.77. The van der Waals surface area contributed by atoms with E-state index in [2.05, 4.69) is 5.32 Å². The van der Waals surface area contributed by atoms with Gasteiger partial charge in [0.05, 0.1) is 0 Å². The van der Waals surface area contributed by atoms with Crippen molar-refractivity contribution < 1.29 is 9.59 Å². The number of amides is 2. The number of likely N-dealkylation sites (tertiary alicyclic amines) is 1. The van der Waals surface area contributed by atoms with Gasteiger partial charge in [-0.05, 0) is 39.5 Å². The fourth-order valence-corrected chi connectivity index (χ4v) is 3.45. The van der Waals surface area contributed by atoms with Crippen molar-refractivity contribution in [3.63, 3.8) is 0 Å². The molecule has 0 aliphatic carbocycles. The maximum atomic E-state index is 12.3. The lowest BCUT2D eigenvalue weighted by atomic mass is 10.1. The standard InChI is InChI=1S/C16H29N3O2.ClH/c1-3-18(4-2)15(20)6-5-7-16(21)19-11-10-13-8-9-14(12-19)17-13;/h13-14,17H,3-12H2,1-2H3;1H. The molecule has 5 nitrogen and oxygen atoms in total. The van der Waals surface area contributed by atoms with E-state index in [0.717, 1.165) is 32.6 Å². The van der Waals surface area contributed by atoms with Gasteiger partial charge in [0.2, 0.25) is 11.8 Å². The molecule has 0 radical (unpaired) electrons. The van der Waals surface area contributed by atoms with Gasteiger partial charge in [-0.2, -0.15) is 0 Å². The molecule has 0 aromatic carbocycles. The van der Waals surface area contributed by atoms with E-state index in [-0.39, 0.29) is 24.2 Å². The average molecular weight is 332 g/mol. The van der Waals surface area contributed by atoms with Crippen LogP contribution in [0.15, 0.2) is 0 Å². The zero-order valence-electron chi connectivity index (χ0n) is 13.8. The highest BCUT2D eigenvalue weighted by Gasteiger charge is 2.30. The van der Waals surface area contributed by atoms with Crippen LogP contribution in [0, 0.1) is 0 Å². The van der Waals surface area contributed by atoms with Gasteiger partial charge in [-0.3, -0.25) is 9.59 Å². The van der Waals surface area contributed by atoms with E-state index in [4.69, 9.17) is 0 Å². The number of carbonyl (C=O) groups excluding carboxylic acids is 2. The molecule has 2 saturated heterocycles. The Morgan fingerprint density at radius 2 is 1.77 bits per heavy atom. The van der Waals surface area contributed by atoms with Gasteiger partial charge >= 0.3 is 0 Å². The van der Waals surface area contributed by atoms with Gasteiger partial charge in [0.15, 0.2) is 0 Å². The molecule has 22 heavy (non-hydrogen) atoms. The molecular formula is C16H30ClN3O2. The second-order valence-electron chi connectivity index (χ2n) is 6.19. The van der Waals surface area contributed by atoms with E-state index in [1.807, 2.05) is 23.6 Å². The highest BCUT2D eigenvalue weighted by Crippen LogP contribution is 2.21. The predicted molar refractivity (Wildman–Crippen MR) is 90.2 cm³/mol. The second-order valence-corrected chi connectivity index (χ2v) is 6.19. The van der Waals surface area contributed by atoms with Crippen LogP contribution in [0.2, 0.25) is 0 Å². The lowest BCUT2D eigenvalue weighted by Crippen LogP contribution is -2.39. The fourth-order valence-electron chi connectivity index (χ4n) is 3.45. The van der Waals surface area contributed by atoms with Gasteiger partial charge in [-0.1, -0.05) is 0 Å². The summed E-state index contributed by atoms with van der Waals surface area (Å²) in [5.74, 6) is 0.390. The van der Waals surface area contributed by atoms with E-state index < -0.39 is 0 Å². The van der Waals surface area contributed by atoms with Crippen molar-refractivity contribution in [3.8, 4) is 0 Å². The maximum absolute atomic E-state index is 12.3. The summed E-state index contributed by atoms with van der Waals surface area (Å²) in [7, 11) is 0. The number of carbonyl (C=O) groups is 2. The van der Waals surface area contributed by atoms with Crippen LogP contribution in [0.4, 0.5) is 0 Å². The van der Waals surface area contributed by atoms with Gasteiger partial charge in [0.1, 0.15) is 0 Å². The summed E-state index contributed by atoms with van der Waals surface area (Å²) in [5.41, 5.74) is 0. The van der Waals surface area contributed by atoms with Crippen molar-refractivity contribution in [2.45, 2.75) is 64.5 Å². The van der Waals surface area contributed by atoms with Crippen molar-refractivity contribution in [2.75, 3.05) is 26.2 Å². The number of rotatable bonds is 6. The molecule has 0 aromatic heterocycles. The van der Waals surface area contributed by atoms with Crippen LogP contribution in [0.25, 0.3) is 0 Å². The summed E-state index contributed by atoms with van der Waals surface area (Å²) in [6.07, 6.45) is 5.18. The molecule has 2 amide bonds. The summed E-state index contributed by atoms with van der Waals surface area (Å²) in [4.78, 5) is 28.0. The normalized spacial score (nSPS) is 23.6. The van der Waals surface area contributed by atoms with Gasteiger partial charge in [0, 0.05) is 51.1 Å². The van der Waals surface area contributed by atoms with Crippen LogP contribution >= 0.6 is 12.4 Å². The molecule has 2 fully saturated rings. The molecule has 2 unspecified atom stereocenters. The van der Waals surface area contributed by atoms with Crippen molar-refractivity contribution in [1.29, 1.82) is 0 Å². The fraction of sp³-hybridized carbons (Fsp3) is 0.875. The van der Waals surface area contributed by atoms with Gasteiger partial charge in [-0.15, -0.1) is 12.4 Å². The first-order chi connectivity index (χ1) is 10.1. The molecule has 2 aliphatic heterocycles. The molecule has 0 spiro atoms. The topological polar surface area (TPSA) is 52.7 Å². The van der Waals surface area contributed by atoms with E-state index in [9.17, 15) is 9.59 Å². The first kappa shape index (κ1) is 19.2. The number of nitrogens with zero attached hydrogens (tertiary/aromatic N) is 2. The summed E-state index contributed by atoms with van der Waals surface area (Å²) in [6.45, 7) is 7.21. The number of fused-ring (bicyclic) bond motifs is 2. The lowest BCUT2D eigenvalue weighted by Gasteiger charge is -2.24. The van der Waals surface area contributed by atoms with Crippen molar-refractivity contribution in [3.05, 3.63) is 0 Å². The van der Waals surface area contributed by atoms with Crippen molar-refractivity contribution >= 4 is 24.2 Å². The molecule has 2 heterocycles. The van der Waals surface area contributed by atoms with Gasteiger partial charge < -0.3 is 15.1 Å². The molecule has 2 rings (SSSR count). The quantitative estimate of drug-likeness (QED) is 0.807. The second kappa shape index (κ2) is 9.36. The molecule has 2 atom stereocenters. The number of hydrogen-bond acceptors (Lipinski definition) is 3. The van der Waals surface area contributed by atoms with Crippen LogP contribution in [0.3, 0.4) is 0 Å². The smallest absolute Gasteiger partial charge is 0.222 e. The predicted octanol–water partition coefficient (Wildman–Crippen LogP) is 1.80. The zero-order valence-corrected chi connectivity index (χ0v) is 14.7. The summed E-state index contributed by atoms with van der Waals surface area (Å²) in [5, 5.41) is 3.59. The van der Waals surface area contributed by atoms with Crippen LogP contribution in [0.1, 0.15) is 52.4 Å². The SMILES string of the molecule is CCN(CC)C(=O)CCCC(=O)N1CCC2CCC(C1)N2.Cl. The summed E-state index contributed by atoms with van der Waals surface area (Å²) < 4.78 is 0. The minimum atomic E-state index is 0. The zero-order chi connectivity index (χ0) is 15.2. The maximum Gasteiger partial charge on any atom is 0.222 e. The minimum Gasteiger partial charge on any atom is -0.343 e. The largest absolute Gasteiger partial charge is 0.343 e.